The maximum Gasteiger partial charge on any atom is 0.312 e. The Hall–Kier alpha value is -1.30. The maximum absolute atomic E-state index is 12.0. The average Bonchev–Trinajstić information content (AvgIpc) is 2.13. The molecule has 4 N–H and O–H groups in total. The summed E-state index contributed by atoms with van der Waals surface area (Å²) in [5, 5.41) is 11.4. The monoisotopic (exact) mass is 243 g/mol. The van der Waals surface area contributed by atoms with Gasteiger partial charge < -0.3 is 21.1 Å². The third kappa shape index (κ3) is 3.89. The molecule has 0 saturated carbocycles. The highest BCUT2D eigenvalue weighted by Crippen LogP contribution is 2.17. The van der Waals surface area contributed by atoms with Crippen molar-refractivity contribution >= 4 is 11.9 Å². The van der Waals surface area contributed by atoms with E-state index >= 15 is 0 Å². The van der Waals surface area contributed by atoms with Crippen LogP contribution in [0.5, 0.6) is 0 Å². The summed E-state index contributed by atoms with van der Waals surface area (Å²) in [6, 6.07) is -1.23. The Morgan fingerprint density at radius 3 is 2.47 bits per heavy atom. The van der Waals surface area contributed by atoms with Crippen LogP contribution in [0.2, 0.25) is 0 Å². The van der Waals surface area contributed by atoms with Gasteiger partial charge in [0.25, 0.3) is 0 Å². The number of carbonyl (C=O) groups is 2. The molecule has 0 aromatic rings. The van der Waals surface area contributed by atoms with Crippen molar-refractivity contribution in [3.8, 4) is 0 Å². The molecule has 0 bridgehead atoms. The van der Waals surface area contributed by atoms with E-state index in [0.717, 1.165) is 0 Å². The van der Waals surface area contributed by atoms with Crippen LogP contribution in [0.1, 0.15) is 20.3 Å². The fourth-order valence-corrected chi connectivity index (χ4v) is 1.95. The zero-order valence-corrected chi connectivity index (χ0v) is 10.3. The predicted molar refractivity (Wildman–Crippen MR) is 63.1 cm³/mol. The number of nitrogens with one attached hydrogen (secondary N) is 1. The van der Waals surface area contributed by atoms with Gasteiger partial charge in [0.05, 0.1) is 0 Å². The largest absolute Gasteiger partial charge is 0.396 e. The van der Waals surface area contributed by atoms with Gasteiger partial charge in [-0.05, 0) is 12.3 Å². The van der Waals surface area contributed by atoms with Crippen LogP contribution >= 0.6 is 0 Å². The van der Waals surface area contributed by atoms with Gasteiger partial charge in [-0.1, -0.05) is 13.8 Å². The number of rotatable bonds is 5. The number of hydrogen-bond acceptors (Lipinski definition) is 3. The van der Waals surface area contributed by atoms with Crippen LogP contribution in [-0.4, -0.2) is 47.7 Å². The van der Waals surface area contributed by atoms with Crippen LogP contribution < -0.4 is 11.1 Å². The lowest BCUT2D eigenvalue weighted by atomic mass is 9.97. The number of nitrogens with two attached hydrogens (primary N) is 1. The molecular formula is C11H21N3O3. The first-order chi connectivity index (χ1) is 7.93. The van der Waals surface area contributed by atoms with Gasteiger partial charge in [0.15, 0.2) is 0 Å². The second-order valence-corrected chi connectivity index (χ2v) is 4.98. The molecule has 0 spiro atoms. The van der Waals surface area contributed by atoms with Crippen LogP contribution in [0.25, 0.3) is 0 Å². The summed E-state index contributed by atoms with van der Waals surface area (Å²) < 4.78 is 0. The predicted octanol–water partition coefficient (Wildman–Crippen LogP) is -0.480. The number of hydrogen-bond donors (Lipinski definition) is 3. The molecule has 1 atom stereocenters. The summed E-state index contributed by atoms with van der Waals surface area (Å²) in [4.78, 5) is 24.5. The van der Waals surface area contributed by atoms with Gasteiger partial charge in [0.2, 0.25) is 5.91 Å². The zero-order chi connectivity index (χ0) is 13.0. The zero-order valence-electron chi connectivity index (χ0n) is 10.3. The lowest BCUT2D eigenvalue weighted by molar-refractivity contribution is -0.140. The normalized spacial score (nSPS) is 17.8. The molecule has 1 saturated heterocycles. The summed E-state index contributed by atoms with van der Waals surface area (Å²) in [6.45, 7) is 5.18. The molecule has 1 heterocycles. The topological polar surface area (TPSA) is 95.7 Å². The highest BCUT2D eigenvalue weighted by Gasteiger charge is 2.34. The van der Waals surface area contributed by atoms with E-state index in [0.29, 0.717) is 25.4 Å². The number of urea groups is 1. The number of likely N-dealkylation sites (tertiary alicyclic amines) is 1. The van der Waals surface area contributed by atoms with Crippen LogP contribution in [0.3, 0.4) is 0 Å². The molecule has 3 amide bonds. The molecule has 1 fully saturated rings. The van der Waals surface area contributed by atoms with Gasteiger partial charge in [-0.25, -0.2) is 4.79 Å². The Labute approximate surface area is 101 Å². The van der Waals surface area contributed by atoms with Crippen molar-refractivity contribution in [2.75, 3.05) is 19.7 Å². The molecule has 1 aliphatic rings. The van der Waals surface area contributed by atoms with Gasteiger partial charge in [-0.15, -0.1) is 0 Å². The Balaban J connectivity index is 2.51. The first-order valence-corrected chi connectivity index (χ1v) is 5.89. The average molecular weight is 243 g/mol. The molecule has 0 aromatic heterocycles. The fraction of sp³-hybridized carbons (Fsp3) is 0.818. The summed E-state index contributed by atoms with van der Waals surface area (Å²) >= 11 is 0. The number of aliphatic hydroxyl groups excluding tert-OH is 1. The number of nitrogens with zero attached hydrogens (tertiary/aromatic N) is 1. The first-order valence-electron chi connectivity index (χ1n) is 5.89. The molecule has 0 aromatic carbocycles. The van der Waals surface area contributed by atoms with Crippen molar-refractivity contribution in [1.29, 1.82) is 0 Å². The lowest BCUT2D eigenvalue weighted by Gasteiger charge is -2.40. The molecule has 1 rings (SSSR count). The molecule has 98 valence electrons. The molecular weight excluding hydrogens is 222 g/mol. The van der Waals surface area contributed by atoms with E-state index in [1.807, 2.05) is 13.8 Å². The molecule has 0 radical (unpaired) electrons. The van der Waals surface area contributed by atoms with E-state index in [1.165, 1.54) is 0 Å². The van der Waals surface area contributed by atoms with Crippen molar-refractivity contribution in [3.05, 3.63) is 0 Å². The Morgan fingerprint density at radius 2 is 2.06 bits per heavy atom. The smallest absolute Gasteiger partial charge is 0.312 e. The number of primary amides is 1. The van der Waals surface area contributed by atoms with Crippen LogP contribution in [0.4, 0.5) is 4.79 Å². The third-order valence-electron chi connectivity index (χ3n) is 2.85. The van der Waals surface area contributed by atoms with Crippen LogP contribution in [-0.2, 0) is 4.79 Å². The first kappa shape index (κ1) is 13.8. The van der Waals surface area contributed by atoms with E-state index in [1.54, 1.807) is 4.90 Å². The summed E-state index contributed by atoms with van der Waals surface area (Å²) in [5.41, 5.74) is 5.06. The van der Waals surface area contributed by atoms with Crippen molar-refractivity contribution in [2.24, 2.45) is 17.6 Å². The second kappa shape index (κ2) is 5.86. The van der Waals surface area contributed by atoms with Crippen molar-refractivity contribution < 1.29 is 14.7 Å². The minimum atomic E-state index is -0.678. The minimum absolute atomic E-state index is 0.0991. The van der Waals surface area contributed by atoms with E-state index < -0.39 is 12.1 Å². The van der Waals surface area contributed by atoms with E-state index in [9.17, 15) is 9.59 Å². The van der Waals surface area contributed by atoms with Gasteiger partial charge in [0, 0.05) is 25.6 Å². The Morgan fingerprint density at radius 1 is 1.47 bits per heavy atom. The van der Waals surface area contributed by atoms with Gasteiger partial charge in [-0.3, -0.25) is 4.79 Å². The highest BCUT2D eigenvalue weighted by molar-refractivity contribution is 5.87. The summed E-state index contributed by atoms with van der Waals surface area (Å²) in [5.74, 6) is 0.361. The number of aliphatic hydroxyl groups is 1. The van der Waals surface area contributed by atoms with E-state index in [2.05, 4.69) is 5.32 Å². The molecule has 6 nitrogen and oxygen atoms in total. The lowest BCUT2D eigenvalue weighted by Crippen LogP contribution is -2.58. The molecule has 6 heteroatoms. The van der Waals surface area contributed by atoms with Gasteiger partial charge in [-0.2, -0.15) is 0 Å². The summed E-state index contributed by atoms with van der Waals surface area (Å²) in [7, 11) is 0. The standard InChI is InChI=1S/C11H21N3O3/c1-7(2)3-9(13-11(12)17)10(16)14-4-8(5-14)6-15/h7-9,15H,3-6H2,1-2H3,(H3,12,13,17). The van der Waals surface area contributed by atoms with Crippen molar-refractivity contribution in [1.82, 2.24) is 10.2 Å². The van der Waals surface area contributed by atoms with Gasteiger partial charge >= 0.3 is 6.03 Å². The van der Waals surface area contributed by atoms with Crippen LogP contribution in [0, 0.1) is 11.8 Å². The molecule has 0 aliphatic carbocycles. The van der Waals surface area contributed by atoms with E-state index in [4.69, 9.17) is 10.8 Å². The second-order valence-electron chi connectivity index (χ2n) is 4.98. The van der Waals surface area contributed by atoms with E-state index in [-0.39, 0.29) is 18.4 Å². The van der Waals surface area contributed by atoms with Crippen molar-refractivity contribution in [3.63, 3.8) is 0 Å². The Kier molecular flexibility index (Phi) is 4.74. The van der Waals surface area contributed by atoms with Crippen LogP contribution in [0.15, 0.2) is 0 Å². The number of carbonyl (C=O) groups excluding carboxylic acids is 2. The molecule has 1 aliphatic heterocycles. The van der Waals surface area contributed by atoms with Crippen molar-refractivity contribution in [2.45, 2.75) is 26.3 Å². The summed E-state index contributed by atoms with van der Waals surface area (Å²) in [6.07, 6.45) is 0.571. The Bertz CT molecular complexity index is 288. The molecule has 1 unspecified atom stereocenters. The third-order valence-corrected chi connectivity index (χ3v) is 2.85. The highest BCUT2D eigenvalue weighted by atomic mass is 16.3. The fourth-order valence-electron chi connectivity index (χ4n) is 1.95. The molecule has 17 heavy (non-hydrogen) atoms. The van der Waals surface area contributed by atoms with Gasteiger partial charge in [0.1, 0.15) is 6.04 Å². The number of amides is 3. The maximum atomic E-state index is 12.0. The SMILES string of the molecule is CC(C)CC(NC(N)=O)C(=O)N1CC(CO)C1. The minimum Gasteiger partial charge on any atom is -0.396 e. The quantitative estimate of drug-likeness (QED) is 0.608.